The molecular weight excluding hydrogens is 178 g/mol. The Morgan fingerprint density at radius 3 is 2.86 bits per heavy atom. The highest BCUT2D eigenvalue weighted by Gasteiger charge is 1.93. The lowest BCUT2D eigenvalue weighted by atomic mass is 10.3. The summed E-state index contributed by atoms with van der Waals surface area (Å²) in [5, 5.41) is 3.25. The van der Waals surface area contributed by atoms with Crippen LogP contribution in [0.2, 0.25) is 0 Å². The lowest BCUT2D eigenvalue weighted by Crippen LogP contribution is -2.26. The topological polar surface area (TPSA) is 48.1 Å². The van der Waals surface area contributed by atoms with Crippen molar-refractivity contribution in [2.75, 3.05) is 27.2 Å². The van der Waals surface area contributed by atoms with Crippen molar-refractivity contribution >= 4 is 0 Å². The summed E-state index contributed by atoms with van der Waals surface area (Å²) in [6, 6.07) is 5.19. The van der Waals surface area contributed by atoms with Crippen LogP contribution in [0.25, 0.3) is 0 Å². The summed E-state index contributed by atoms with van der Waals surface area (Å²) < 4.78 is 0. The van der Waals surface area contributed by atoms with Gasteiger partial charge in [0.15, 0.2) is 0 Å². The lowest BCUT2D eigenvalue weighted by molar-refractivity contribution is 0.399. The molecule has 4 nitrogen and oxygen atoms in total. The largest absolute Gasteiger partial charge is 0.325 e. The molecule has 0 unspecified atom stereocenters. The zero-order valence-electron chi connectivity index (χ0n) is 8.71. The third kappa shape index (κ3) is 4.20. The van der Waals surface area contributed by atoms with E-state index >= 15 is 0 Å². The average molecular weight is 195 g/mol. The van der Waals surface area contributed by atoms with Gasteiger partial charge < -0.3 is 15.2 Å². The number of rotatable bonds is 5. The summed E-state index contributed by atoms with van der Waals surface area (Å²) in [5.74, 6) is 0. The molecule has 4 heteroatoms. The SMILES string of the molecule is CN(C)CCNCc1cccc(=O)[nH]1. The molecule has 0 aliphatic rings. The van der Waals surface area contributed by atoms with Gasteiger partial charge in [-0.3, -0.25) is 4.79 Å². The van der Waals surface area contributed by atoms with Gasteiger partial charge in [0, 0.05) is 31.4 Å². The van der Waals surface area contributed by atoms with Gasteiger partial charge in [0.2, 0.25) is 5.56 Å². The fraction of sp³-hybridized carbons (Fsp3) is 0.500. The second-order valence-corrected chi connectivity index (χ2v) is 3.52. The van der Waals surface area contributed by atoms with Crippen LogP contribution in [0.15, 0.2) is 23.0 Å². The molecule has 14 heavy (non-hydrogen) atoms. The first-order valence-corrected chi connectivity index (χ1v) is 4.72. The highest BCUT2D eigenvalue weighted by atomic mass is 16.1. The zero-order chi connectivity index (χ0) is 10.4. The van der Waals surface area contributed by atoms with Crippen LogP contribution in [0.4, 0.5) is 0 Å². The first-order valence-electron chi connectivity index (χ1n) is 4.72. The number of nitrogens with zero attached hydrogens (tertiary/aromatic N) is 1. The Labute approximate surface area is 83.9 Å². The van der Waals surface area contributed by atoms with E-state index in [1.54, 1.807) is 6.07 Å². The van der Waals surface area contributed by atoms with Crippen molar-refractivity contribution in [3.63, 3.8) is 0 Å². The second-order valence-electron chi connectivity index (χ2n) is 3.52. The molecule has 0 spiro atoms. The molecule has 0 amide bonds. The van der Waals surface area contributed by atoms with Crippen LogP contribution in [0.5, 0.6) is 0 Å². The number of nitrogens with one attached hydrogen (secondary N) is 2. The Bertz CT molecular complexity index is 319. The van der Waals surface area contributed by atoms with Gasteiger partial charge in [0.25, 0.3) is 0 Å². The van der Waals surface area contributed by atoms with Crippen LogP contribution in [-0.4, -0.2) is 37.1 Å². The molecule has 0 saturated carbocycles. The average Bonchev–Trinajstić information content (AvgIpc) is 2.12. The number of hydrogen-bond acceptors (Lipinski definition) is 3. The zero-order valence-corrected chi connectivity index (χ0v) is 8.71. The highest BCUT2D eigenvalue weighted by molar-refractivity contribution is 5.03. The number of aromatic nitrogens is 1. The van der Waals surface area contributed by atoms with Gasteiger partial charge in [-0.05, 0) is 20.2 Å². The van der Waals surface area contributed by atoms with Crippen molar-refractivity contribution in [1.82, 2.24) is 15.2 Å². The number of likely N-dealkylation sites (N-methyl/N-ethyl adjacent to an activating group) is 1. The number of pyridine rings is 1. The van der Waals surface area contributed by atoms with Crippen LogP contribution in [0.1, 0.15) is 5.69 Å². The fourth-order valence-electron chi connectivity index (χ4n) is 1.12. The molecule has 0 radical (unpaired) electrons. The summed E-state index contributed by atoms with van der Waals surface area (Å²) in [7, 11) is 4.07. The third-order valence-corrected chi connectivity index (χ3v) is 1.88. The molecule has 1 heterocycles. The highest BCUT2D eigenvalue weighted by Crippen LogP contribution is 1.88. The van der Waals surface area contributed by atoms with Gasteiger partial charge in [0.1, 0.15) is 0 Å². The standard InChI is InChI=1S/C10H17N3O/c1-13(2)7-6-11-8-9-4-3-5-10(14)12-9/h3-5,11H,6-8H2,1-2H3,(H,12,14). The maximum atomic E-state index is 10.9. The van der Waals surface area contributed by atoms with Crippen LogP contribution < -0.4 is 10.9 Å². The van der Waals surface area contributed by atoms with Gasteiger partial charge in [-0.1, -0.05) is 6.07 Å². The molecule has 78 valence electrons. The van der Waals surface area contributed by atoms with E-state index in [9.17, 15) is 4.79 Å². The molecule has 0 bridgehead atoms. The van der Waals surface area contributed by atoms with E-state index in [1.807, 2.05) is 20.2 Å². The summed E-state index contributed by atoms with van der Waals surface area (Å²) in [4.78, 5) is 15.8. The van der Waals surface area contributed by atoms with E-state index in [0.29, 0.717) is 6.54 Å². The first kappa shape index (κ1) is 10.9. The van der Waals surface area contributed by atoms with E-state index in [4.69, 9.17) is 0 Å². The molecule has 0 aliphatic carbocycles. The predicted molar refractivity (Wildman–Crippen MR) is 57.3 cm³/mol. The minimum atomic E-state index is -0.0445. The number of hydrogen-bond donors (Lipinski definition) is 2. The summed E-state index contributed by atoms with van der Waals surface area (Å²) in [6.07, 6.45) is 0. The van der Waals surface area contributed by atoms with E-state index in [2.05, 4.69) is 15.2 Å². The van der Waals surface area contributed by atoms with Crippen LogP contribution >= 0.6 is 0 Å². The Kier molecular flexibility index (Phi) is 4.35. The predicted octanol–water partition coefficient (Wildman–Crippen LogP) is 0.0261. The molecule has 1 aromatic heterocycles. The Hall–Kier alpha value is -1.13. The van der Waals surface area contributed by atoms with Crippen molar-refractivity contribution in [3.05, 3.63) is 34.2 Å². The van der Waals surface area contributed by atoms with Gasteiger partial charge in [-0.25, -0.2) is 0 Å². The third-order valence-electron chi connectivity index (χ3n) is 1.88. The Balaban J connectivity index is 2.28. The fourth-order valence-corrected chi connectivity index (χ4v) is 1.12. The number of H-pyrrole nitrogens is 1. The quantitative estimate of drug-likeness (QED) is 0.651. The van der Waals surface area contributed by atoms with Gasteiger partial charge in [0.05, 0.1) is 0 Å². The smallest absolute Gasteiger partial charge is 0.248 e. The molecule has 0 aromatic carbocycles. The van der Waals surface area contributed by atoms with Gasteiger partial charge in [-0.2, -0.15) is 0 Å². The molecular formula is C10H17N3O. The normalized spacial score (nSPS) is 10.8. The van der Waals surface area contributed by atoms with Crippen molar-refractivity contribution in [2.45, 2.75) is 6.54 Å². The molecule has 1 rings (SSSR count). The summed E-state index contributed by atoms with van der Waals surface area (Å²) in [6.45, 7) is 2.63. The second kappa shape index (κ2) is 5.57. The van der Waals surface area contributed by atoms with Crippen molar-refractivity contribution in [1.29, 1.82) is 0 Å². The summed E-state index contributed by atoms with van der Waals surface area (Å²) >= 11 is 0. The first-order chi connectivity index (χ1) is 6.68. The molecule has 0 atom stereocenters. The van der Waals surface area contributed by atoms with Crippen molar-refractivity contribution in [2.24, 2.45) is 0 Å². The minimum absolute atomic E-state index is 0.0445. The summed E-state index contributed by atoms with van der Waals surface area (Å²) in [5.41, 5.74) is 0.883. The van der Waals surface area contributed by atoms with Crippen molar-refractivity contribution in [3.8, 4) is 0 Å². The molecule has 1 aromatic rings. The van der Waals surface area contributed by atoms with Gasteiger partial charge in [-0.15, -0.1) is 0 Å². The van der Waals surface area contributed by atoms with Crippen LogP contribution in [0.3, 0.4) is 0 Å². The Morgan fingerprint density at radius 1 is 1.43 bits per heavy atom. The van der Waals surface area contributed by atoms with E-state index in [-0.39, 0.29) is 5.56 Å². The molecule has 2 N–H and O–H groups in total. The Morgan fingerprint density at radius 2 is 2.21 bits per heavy atom. The van der Waals surface area contributed by atoms with Crippen LogP contribution in [-0.2, 0) is 6.54 Å². The van der Waals surface area contributed by atoms with Crippen molar-refractivity contribution < 1.29 is 0 Å². The number of aromatic amines is 1. The molecule has 0 saturated heterocycles. The molecule has 0 fully saturated rings. The molecule has 0 aliphatic heterocycles. The van der Waals surface area contributed by atoms with Crippen LogP contribution in [0, 0.1) is 0 Å². The maximum absolute atomic E-state index is 10.9. The van der Waals surface area contributed by atoms with E-state index < -0.39 is 0 Å². The van der Waals surface area contributed by atoms with E-state index in [0.717, 1.165) is 18.8 Å². The van der Waals surface area contributed by atoms with Gasteiger partial charge >= 0.3 is 0 Å². The maximum Gasteiger partial charge on any atom is 0.248 e. The minimum Gasteiger partial charge on any atom is -0.325 e. The monoisotopic (exact) mass is 195 g/mol. The van der Waals surface area contributed by atoms with E-state index in [1.165, 1.54) is 6.07 Å². The lowest BCUT2D eigenvalue weighted by Gasteiger charge is -2.09.